The van der Waals surface area contributed by atoms with E-state index in [2.05, 4.69) is 39.5 Å². The van der Waals surface area contributed by atoms with Gasteiger partial charge in [0.25, 0.3) is 0 Å². The predicted molar refractivity (Wildman–Crippen MR) is 73.7 cm³/mol. The SMILES string of the molecule is CCN(C(C)C)C(C)C.NC1CCCCC1. The molecular formula is C14H32N2. The summed E-state index contributed by atoms with van der Waals surface area (Å²) < 4.78 is 0. The van der Waals surface area contributed by atoms with Crippen LogP contribution in [-0.2, 0) is 0 Å². The second kappa shape index (κ2) is 9.00. The van der Waals surface area contributed by atoms with Crippen LogP contribution in [0.2, 0.25) is 0 Å². The number of nitrogens with two attached hydrogens (primary N) is 1. The first-order chi connectivity index (χ1) is 7.49. The average molecular weight is 228 g/mol. The lowest BCUT2D eigenvalue weighted by Gasteiger charge is -2.28. The van der Waals surface area contributed by atoms with Gasteiger partial charge in [0.15, 0.2) is 0 Å². The molecule has 0 radical (unpaired) electrons. The van der Waals surface area contributed by atoms with Crippen molar-refractivity contribution in [2.45, 2.75) is 84.8 Å². The summed E-state index contributed by atoms with van der Waals surface area (Å²) in [5, 5.41) is 0. The molecule has 16 heavy (non-hydrogen) atoms. The molecule has 1 aliphatic carbocycles. The Morgan fingerprint density at radius 3 is 1.56 bits per heavy atom. The van der Waals surface area contributed by atoms with E-state index in [9.17, 15) is 0 Å². The van der Waals surface area contributed by atoms with Crippen LogP contribution in [0.15, 0.2) is 0 Å². The molecule has 0 saturated heterocycles. The second-order valence-corrected chi connectivity index (χ2v) is 5.42. The van der Waals surface area contributed by atoms with Crippen molar-refractivity contribution in [2.24, 2.45) is 5.73 Å². The number of rotatable bonds is 3. The molecule has 0 aliphatic heterocycles. The van der Waals surface area contributed by atoms with Gasteiger partial charge < -0.3 is 5.73 Å². The summed E-state index contributed by atoms with van der Waals surface area (Å²) in [5.41, 5.74) is 5.63. The minimum Gasteiger partial charge on any atom is -0.328 e. The van der Waals surface area contributed by atoms with Crippen molar-refractivity contribution in [1.82, 2.24) is 4.90 Å². The van der Waals surface area contributed by atoms with Crippen LogP contribution in [-0.4, -0.2) is 29.6 Å². The topological polar surface area (TPSA) is 29.3 Å². The standard InChI is InChI=1S/C8H19N.C6H13N/c1-6-9(7(2)3)8(4)5;7-6-4-2-1-3-5-6/h7-8H,6H2,1-5H3;6H,1-5,7H2. The predicted octanol–water partition coefficient (Wildman–Crippen LogP) is 3.40. The molecule has 1 rings (SSSR count). The molecule has 0 heterocycles. The third-order valence-corrected chi connectivity index (χ3v) is 3.34. The maximum absolute atomic E-state index is 5.63. The molecule has 0 bridgehead atoms. The van der Waals surface area contributed by atoms with Crippen molar-refractivity contribution in [3.8, 4) is 0 Å². The average Bonchev–Trinajstić information content (AvgIpc) is 2.19. The maximum Gasteiger partial charge on any atom is 0.00411 e. The van der Waals surface area contributed by atoms with Crippen molar-refractivity contribution < 1.29 is 0 Å². The van der Waals surface area contributed by atoms with Crippen LogP contribution in [0.3, 0.4) is 0 Å². The fraction of sp³-hybridized carbons (Fsp3) is 1.00. The third-order valence-electron chi connectivity index (χ3n) is 3.34. The summed E-state index contributed by atoms with van der Waals surface area (Å²) in [6.45, 7) is 12.3. The van der Waals surface area contributed by atoms with E-state index in [-0.39, 0.29) is 0 Å². The van der Waals surface area contributed by atoms with Gasteiger partial charge in [0, 0.05) is 18.1 Å². The molecule has 0 amide bonds. The molecule has 98 valence electrons. The highest BCUT2D eigenvalue weighted by atomic mass is 15.2. The van der Waals surface area contributed by atoms with Gasteiger partial charge in [-0.05, 0) is 47.1 Å². The van der Waals surface area contributed by atoms with E-state index in [0.29, 0.717) is 18.1 Å². The Morgan fingerprint density at radius 2 is 1.44 bits per heavy atom. The van der Waals surface area contributed by atoms with Crippen LogP contribution in [0.5, 0.6) is 0 Å². The molecule has 0 atom stereocenters. The molecule has 0 spiro atoms. The highest BCUT2D eigenvalue weighted by molar-refractivity contribution is 4.66. The van der Waals surface area contributed by atoms with Crippen molar-refractivity contribution in [3.05, 3.63) is 0 Å². The first-order valence-corrected chi connectivity index (χ1v) is 7.00. The van der Waals surface area contributed by atoms with E-state index in [1.54, 1.807) is 0 Å². The van der Waals surface area contributed by atoms with Crippen molar-refractivity contribution >= 4 is 0 Å². The molecule has 0 aromatic carbocycles. The molecule has 0 aromatic heterocycles. The Morgan fingerprint density at radius 1 is 1.00 bits per heavy atom. The van der Waals surface area contributed by atoms with Gasteiger partial charge in [-0.3, -0.25) is 4.90 Å². The molecule has 1 aliphatic rings. The molecule has 1 saturated carbocycles. The van der Waals surface area contributed by atoms with E-state index in [0.717, 1.165) is 6.54 Å². The lowest BCUT2D eigenvalue weighted by Crippen LogP contribution is -2.36. The molecule has 0 unspecified atom stereocenters. The van der Waals surface area contributed by atoms with Crippen LogP contribution < -0.4 is 5.73 Å². The van der Waals surface area contributed by atoms with Crippen LogP contribution in [0.25, 0.3) is 0 Å². The lowest BCUT2D eigenvalue weighted by atomic mass is 9.97. The van der Waals surface area contributed by atoms with Gasteiger partial charge in [-0.15, -0.1) is 0 Å². The Hall–Kier alpha value is -0.0800. The van der Waals surface area contributed by atoms with E-state index in [1.165, 1.54) is 32.1 Å². The highest BCUT2D eigenvalue weighted by Crippen LogP contribution is 2.14. The van der Waals surface area contributed by atoms with E-state index < -0.39 is 0 Å². The lowest BCUT2D eigenvalue weighted by molar-refractivity contribution is 0.185. The van der Waals surface area contributed by atoms with E-state index >= 15 is 0 Å². The Kier molecular flexibility index (Phi) is 8.96. The van der Waals surface area contributed by atoms with E-state index in [4.69, 9.17) is 5.73 Å². The van der Waals surface area contributed by atoms with Crippen LogP contribution in [0.1, 0.15) is 66.7 Å². The second-order valence-electron chi connectivity index (χ2n) is 5.42. The summed E-state index contributed by atoms with van der Waals surface area (Å²) in [4.78, 5) is 2.46. The van der Waals surface area contributed by atoms with Crippen molar-refractivity contribution in [2.75, 3.05) is 6.54 Å². The molecule has 2 N–H and O–H groups in total. The molecule has 1 fully saturated rings. The summed E-state index contributed by atoms with van der Waals surface area (Å²) in [6, 6.07) is 1.92. The monoisotopic (exact) mass is 228 g/mol. The van der Waals surface area contributed by atoms with Gasteiger partial charge >= 0.3 is 0 Å². The molecule has 0 aromatic rings. The van der Waals surface area contributed by atoms with Gasteiger partial charge in [0.2, 0.25) is 0 Å². The molecule has 2 heteroatoms. The minimum absolute atomic E-state index is 0.536. The summed E-state index contributed by atoms with van der Waals surface area (Å²) in [5.74, 6) is 0. The fourth-order valence-electron chi connectivity index (χ4n) is 2.46. The van der Waals surface area contributed by atoms with Gasteiger partial charge in [-0.25, -0.2) is 0 Å². The van der Waals surface area contributed by atoms with Crippen LogP contribution in [0, 0.1) is 0 Å². The van der Waals surface area contributed by atoms with Crippen LogP contribution >= 0.6 is 0 Å². The summed E-state index contributed by atoms with van der Waals surface area (Å²) >= 11 is 0. The van der Waals surface area contributed by atoms with Gasteiger partial charge in [-0.1, -0.05) is 26.2 Å². The quantitative estimate of drug-likeness (QED) is 0.802. The zero-order valence-electron chi connectivity index (χ0n) is 12.0. The molecular weight excluding hydrogens is 196 g/mol. The van der Waals surface area contributed by atoms with Crippen molar-refractivity contribution in [1.29, 1.82) is 0 Å². The Labute approximate surface area is 103 Å². The van der Waals surface area contributed by atoms with Gasteiger partial charge in [0.1, 0.15) is 0 Å². The normalized spacial score (nSPS) is 17.8. The number of hydrogen-bond donors (Lipinski definition) is 1. The Balaban J connectivity index is 0.000000288. The van der Waals surface area contributed by atoms with E-state index in [1.807, 2.05) is 0 Å². The first-order valence-electron chi connectivity index (χ1n) is 7.00. The van der Waals surface area contributed by atoms with Crippen molar-refractivity contribution in [3.63, 3.8) is 0 Å². The summed E-state index contributed by atoms with van der Waals surface area (Å²) in [6.07, 6.45) is 6.66. The Bertz CT molecular complexity index is 141. The zero-order chi connectivity index (χ0) is 12.6. The number of nitrogens with zero attached hydrogens (tertiary/aromatic N) is 1. The fourth-order valence-corrected chi connectivity index (χ4v) is 2.46. The van der Waals surface area contributed by atoms with Gasteiger partial charge in [0.05, 0.1) is 0 Å². The smallest absolute Gasteiger partial charge is 0.00411 e. The van der Waals surface area contributed by atoms with Crippen LogP contribution in [0.4, 0.5) is 0 Å². The number of hydrogen-bond acceptors (Lipinski definition) is 2. The highest BCUT2D eigenvalue weighted by Gasteiger charge is 2.09. The first kappa shape index (κ1) is 15.9. The van der Waals surface area contributed by atoms with Gasteiger partial charge in [-0.2, -0.15) is 0 Å². The molecule has 2 nitrogen and oxygen atoms in total. The minimum atomic E-state index is 0.536. The maximum atomic E-state index is 5.63. The largest absolute Gasteiger partial charge is 0.328 e. The summed E-state index contributed by atoms with van der Waals surface area (Å²) in [7, 11) is 0. The third kappa shape index (κ3) is 7.24. The zero-order valence-corrected chi connectivity index (χ0v) is 12.0.